The van der Waals surface area contributed by atoms with E-state index in [0.29, 0.717) is 14.7 Å². The van der Waals surface area contributed by atoms with E-state index in [1.807, 2.05) is 24.3 Å². The predicted octanol–water partition coefficient (Wildman–Crippen LogP) is 1.71. The Morgan fingerprint density at radius 3 is 2.82 bits per heavy atom. The highest BCUT2D eigenvalue weighted by Crippen LogP contribution is 2.17. The molecule has 1 aromatic rings. The van der Waals surface area contributed by atoms with E-state index in [2.05, 4.69) is 0 Å². The molecule has 1 rings (SSSR count). The molecule has 0 aliphatic rings. The number of hydrogen-bond acceptors (Lipinski definition) is 1. The van der Waals surface area contributed by atoms with Crippen LogP contribution in [0.25, 0.3) is 0 Å². The Kier molecular flexibility index (Phi) is 3.38. The van der Waals surface area contributed by atoms with Gasteiger partial charge in [-0.25, -0.2) is 0 Å². The minimum atomic E-state index is 0.646. The van der Waals surface area contributed by atoms with E-state index in [1.165, 1.54) is 5.30 Å². The van der Waals surface area contributed by atoms with Crippen molar-refractivity contribution in [2.24, 2.45) is 0 Å². The monoisotopic (exact) mass is 166 g/mol. The molecule has 0 bridgehead atoms. The maximum Gasteiger partial charge on any atom is 0.126 e. The number of rotatable bonds is 3. The first-order valence-corrected chi connectivity index (χ1v) is 4.66. The quantitative estimate of drug-likeness (QED) is 0.621. The largest absolute Gasteiger partial charge is 0.496 e. The fourth-order valence-corrected chi connectivity index (χ4v) is 1.69. The molecule has 0 aromatic heterocycles. The van der Waals surface area contributed by atoms with Gasteiger partial charge in [0.05, 0.1) is 7.11 Å². The summed E-state index contributed by atoms with van der Waals surface area (Å²) in [5, 5.41) is 1.21. The molecule has 1 atom stereocenters. The van der Waals surface area contributed by atoms with E-state index in [1.54, 1.807) is 7.11 Å². The number of para-hydroxylation sites is 1. The SMILES string of the molecule is [CH]CPc1ccccc1OC. The molecule has 0 fully saturated rings. The summed E-state index contributed by atoms with van der Waals surface area (Å²) in [4.78, 5) is 0. The molecule has 1 aromatic carbocycles. The Morgan fingerprint density at radius 2 is 2.18 bits per heavy atom. The van der Waals surface area contributed by atoms with Crippen molar-refractivity contribution in [3.05, 3.63) is 31.2 Å². The Labute approximate surface area is 69.6 Å². The van der Waals surface area contributed by atoms with Gasteiger partial charge in [-0.2, -0.15) is 0 Å². The highest BCUT2D eigenvalue weighted by Gasteiger charge is 1.97. The summed E-state index contributed by atoms with van der Waals surface area (Å²) in [6, 6.07) is 7.96. The summed E-state index contributed by atoms with van der Waals surface area (Å²) in [5.74, 6) is 0.941. The zero-order valence-corrected chi connectivity index (χ0v) is 7.50. The smallest absolute Gasteiger partial charge is 0.126 e. The molecule has 0 aliphatic heterocycles. The van der Waals surface area contributed by atoms with Crippen molar-refractivity contribution in [2.75, 3.05) is 13.3 Å². The summed E-state index contributed by atoms with van der Waals surface area (Å²) >= 11 is 0. The fraction of sp³-hybridized carbons (Fsp3) is 0.222. The topological polar surface area (TPSA) is 9.23 Å². The number of methoxy groups -OCH3 is 1. The zero-order chi connectivity index (χ0) is 8.10. The van der Waals surface area contributed by atoms with Gasteiger partial charge in [-0.05, 0) is 19.2 Å². The molecule has 0 spiro atoms. The van der Waals surface area contributed by atoms with E-state index in [-0.39, 0.29) is 0 Å². The van der Waals surface area contributed by atoms with Crippen molar-refractivity contribution in [2.45, 2.75) is 0 Å². The molecule has 0 heterocycles. The summed E-state index contributed by atoms with van der Waals surface area (Å²) in [6.45, 7) is 5.44. The normalized spacial score (nSPS) is 10.7. The van der Waals surface area contributed by atoms with Gasteiger partial charge in [-0.1, -0.05) is 26.8 Å². The van der Waals surface area contributed by atoms with Gasteiger partial charge in [0, 0.05) is 5.30 Å². The van der Waals surface area contributed by atoms with Crippen molar-refractivity contribution >= 4 is 13.9 Å². The average Bonchev–Trinajstić information content (AvgIpc) is 2.06. The lowest BCUT2D eigenvalue weighted by Crippen LogP contribution is -2.00. The van der Waals surface area contributed by atoms with Crippen LogP contribution in [0.4, 0.5) is 0 Å². The first kappa shape index (κ1) is 8.55. The molecule has 0 saturated carbocycles. The van der Waals surface area contributed by atoms with Crippen LogP contribution in [-0.2, 0) is 0 Å². The number of ether oxygens (including phenoxy) is 1. The lowest BCUT2D eigenvalue weighted by atomic mass is 10.3. The van der Waals surface area contributed by atoms with Crippen LogP contribution in [0.5, 0.6) is 5.75 Å². The average molecular weight is 166 g/mol. The second-order valence-corrected chi connectivity index (χ2v) is 3.38. The van der Waals surface area contributed by atoms with E-state index >= 15 is 0 Å². The van der Waals surface area contributed by atoms with E-state index in [0.717, 1.165) is 5.75 Å². The molecular weight excluding hydrogens is 155 g/mol. The predicted molar refractivity (Wildman–Crippen MR) is 50.1 cm³/mol. The molecular formula is C9H11OP. The number of benzene rings is 1. The third kappa shape index (κ3) is 2.20. The maximum absolute atomic E-state index is 5.44. The third-order valence-corrected chi connectivity index (χ3v) is 2.40. The van der Waals surface area contributed by atoms with Crippen molar-refractivity contribution in [1.82, 2.24) is 0 Å². The molecule has 2 radical (unpaired) electrons. The van der Waals surface area contributed by atoms with Gasteiger partial charge >= 0.3 is 0 Å². The van der Waals surface area contributed by atoms with Crippen LogP contribution in [0.15, 0.2) is 24.3 Å². The van der Waals surface area contributed by atoms with Gasteiger partial charge in [-0.15, -0.1) is 0 Å². The lowest BCUT2D eigenvalue weighted by Gasteiger charge is -2.05. The van der Waals surface area contributed by atoms with Gasteiger partial charge in [0.25, 0.3) is 0 Å². The molecule has 0 amide bonds. The van der Waals surface area contributed by atoms with Gasteiger partial charge in [-0.3, -0.25) is 0 Å². The third-order valence-electron chi connectivity index (χ3n) is 1.40. The minimum Gasteiger partial charge on any atom is -0.496 e. The molecule has 1 unspecified atom stereocenters. The molecule has 0 N–H and O–H groups in total. The summed E-state index contributed by atoms with van der Waals surface area (Å²) < 4.78 is 5.15. The summed E-state index contributed by atoms with van der Waals surface area (Å²) in [5.41, 5.74) is 0. The zero-order valence-electron chi connectivity index (χ0n) is 6.50. The number of hydrogen-bond donors (Lipinski definition) is 0. The molecule has 0 saturated heterocycles. The Bertz CT molecular complexity index is 223. The standard InChI is InChI=1S/C9H11OP/c1-3-11-9-7-5-4-6-8(9)10-2/h1,4-7,11H,3H2,2H3. The second-order valence-electron chi connectivity index (χ2n) is 2.08. The summed E-state index contributed by atoms with van der Waals surface area (Å²) in [6.07, 6.45) is 0.695. The Morgan fingerprint density at radius 1 is 1.45 bits per heavy atom. The lowest BCUT2D eigenvalue weighted by molar-refractivity contribution is 0.418. The molecule has 2 heteroatoms. The van der Waals surface area contributed by atoms with Crippen LogP contribution in [0, 0.1) is 6.92 Å². The molecule has 0 aliphatic carbocycles. The Hall–Kier alpha value is -0.550. The summed E-state index contributed by atoms with van der Waals surface area (Å²) in [7, 11) is 2.33. The van der Waals surface area contributed by atoms with Gasteiger partial charge < -0.3 is 4.74 Å². The van der Waals surface area contributed by atoms with Gasteiger partial charge in [0.1, 0.15) is 5.75 Å². The van der Waals surface area contributed by atoms with E-state index in [9.17, 15) is 0 Å². The van der Waals surface area contributed by atoms with Crippen LogP contribution in [0.1, 0.15) is 0 Å². The van der Waals surface area contributed by atoms with Crippen LogP contribution < -0.4 is 10.0 Å². The van der Waals surface area contributed by atoms with Crippen molar-refractivity contribution in [3.8, 4) is 5.75 Å². The van der Waals surface area contributed by atoms with Gasteiger partial charge in [0.15, 0.2) is 0 Å². The molecule has 58 valence electrons. The van der Waals surface area contributed by atoms with Crippen molar-refractivity contribution < 1.29 is 4.74 Å². The fourth-order valence-electron chi connectivity index (χ4n) is 0.901. The molecule has 11 heavy (non-hydrogen) atoms. The molecule has 1 nitrogen and oxygen atoms in total. The van der Waals surface area contributed by atoms with Gasteiger partial charge in [0.2, 0.25) is 0 Å². The maximum atomic E-state index is 5.44. The first-order chi connectivity index (χ1) is 5.38. The van der Waals surface area contributed by atoms with Crippen LogP contribution in [0.3, 0.4) is 0 Å². The second kappa shape index (κ2) is 4.35. The van der Waals surface area contributed by atoms with Crippen molar-refractivity contribution in [3.63, 3.8) is 0 Å². The highest BCUT2D eigenvalue weighted by molar-refractivity contribution is 7.47. The van der Waals surface area contributed by atoms with E-state index < -0.39 is 0 Å². The van der Waals surface area contributed by atoms with Crippen LogP contribution >= 0.6 is 8.58 Å². The minimum absolute atomic E-state index is 0.646. The van der Waals surface area contributed by atoms with Crippen LogP contribution in [0.2, 0.25) is 0 Å². The van der Waals surface area contributed by atoms with E-state index in [4.69, 9.17) is 11.7 Å². The first-order valence-electron chi connectivity index (χ1n) is 3.45. The van der Waals surface area contributed by atoms with Crippen LogP contribution in [-0.4, -0.2) is 13.3 Å². The Balaban J connectivity index is 2.83. The highest BCUT2D eigenvalue weighted by atomic mass is 31.1. The van der Waals surface area contributed by atoms with Crippen molar-refractivity contribution in [1.29, 1.82) is 0 Å².